The molecule has 3 aromatic rings. The lowest BCUT2D eigenvalue weighted by Crippen LogP contribution is -2.23. The van der Waals surface area contributed by atoms with Crippen molar-refractivity contribution in [2.45, 2.75) is 13.5 Å². The average molecular weight is 331 g/mol. The number of halogens is 1. The van der Waals surface area contributed by atoms with Crippen LogP contribution in [0, 0.1) is 10.1 Å². The second kappa shape index (κ2) is 6.26. The van der Waals surface area contributed by atoms with Crippen LogP contribution in [-0.4, -0.2) is 21.4 Å². The van der Waals surface area contributed by atoms with E-state index in [0.717, 1.165) is 16.5 Å². The van der Waals surface area contributed by atoms with Gasteiger partial charge in [-0.05, 0) is 18.6 Å². The maximum atomic E-state index is 10.8. The third kappa shape index (κ3) is 2.98. The Morgan fingerprint density at radius 1 is 1.39 bits per heavy atom. The minimum atomic E-state index is -0.501. The molecular formula is C16H15ClN4O2. The zero-order chi connectivity index (χ0) is 16.4. The predicted octanol–water partition coefficient (Wildman–Crippen LogP) is 4.15. The first-order chi connectivity index (χ1) is 11.1. The first kappa shape index (κ1) is 15.3. The first-order valence-corrected chi connectivity index (χ1v) is 7.57. The number of H-pyrrole nitrogens is 1. The summed E-state index contributed by atoms with van der Waals surface area (Å²) in [4.78, 5) is 19.7. The Labute approximate surface area is 137 Å². The number of rotatable bonds is 5. The van der Waals surface area contributed by atoms with Gasteiger partial charge in [0, 0.05) is 36.3 Å². The summed E-state index contributed by atoms with van der Waals surface area (Å²) in [6.45, 7) is 3.29. The maximum absolute atomic E-state index is 10.8. The van der Waals surface area contributed by atoms with Crippen molar-refractivity contribution in [1.29, 1.82) is 0 Å². The van der Waals surface area contributed by atoms with Crippen molar-refractivity contribution in [3.8, 4) is 0 Å². The molecule has 3 rings (SSSR count). The van der Waals surface area contributed by atoms with E-state index in [4.69, 9.17) is 11.6 Å². The van der Waals surface area contributed by atoms with Gasteiger partial charge >= 0.3 is 0 Å². The summed E-state index contributed by atoms with van der Waals surface area (Å²) in [6, 6.07) is 9.38. The van der Waals surface area contributed by atoms with Gasteiger partial charge in [-0.25, -0.2) is 4.98 Å². The van der Waals surface area contributed by atoms with E-state index in [-0.39, 0.29) is 10.7 Å². The molecule has 1 N–H and O–H groups in total. The van der Waals surface area contributed by atoms with Crippen LogP contribution >= 0.6 is 11.6 Å². The van der Waals surface area contributed by atoms with Gasteiger partial charge in [0.25, 0.3) is 5.69 Å². The highest BCUT2D eigenvalue weighted by Gasteiger charge is 2.16. The van der Waals surface area contributed by atoms with Gasteiger partial charge in [-0.1, -0.05) is 29.8 Å². The Balaban J connectivity index is 1.92. The van der Waals surface area contributed by atoms with Crippen LogP contribution in [-0.2, 0) is 6.54 Å². The zero-order valence-corrected chi connectivity index (χ0v) is 13.2. The van der Waals surface area contributed by atoms with Crippen LogP contribution in [0.4, 0.5) is 11.5 Å². The number of nitro groups is 1. The van der Waals surface area contributed by atoms with E-state index in [1.807, 2.05) is 36.2 Å². The van der Waals surface area contributed by atoms with Gasteiger partial charge in [-0.2, -0.15) is 0 Å². The second-order valence-electron chi connectivity index (χ2n) is 5.13. The smallest absolute Gasteiger partial charge is 0.289 e. The summed E-state index contributed by atoms with van der Waals surface area (Å²) in [7, 11) is 0. The van der Waals surface area contributed by atoms with E-state index in [0.29, 0.717) is 18.9 Å². The average Bonchev–Trinajstić information content (AvgIpc) is 2.96. The van der Waals surface area contributed by atoms with Crippen molar-refractivity contribution < 1.29 is 4.92 Å². The van der Waals surface area contributed by atoms with Crippen molar-refractivity contribution in [2.24, 2.45) is 0 Å². The topological polar surface area (TPSA) is 75.1 Å². The number of aromatic nitrogens is 2. The Morgan fingerprint density at radius 3 is 2.87 bits per heavy atom. The van der Waals surface area contributed by atoms with Crippen LogP contribution in [0.1, 0.15) is 12.5 Å². The molecule has 0 spiro atoms. The molecule has 0 fully saturated rings. The van der Waals surface area contributed by atoms with Crippen LogP contribution in [0.2, 0.25) is 5.02 Å². The molecule has 0 saturated carbocycles. The Kier molecular flexibility index (Phi) is 4.16. The van der Waals surface area contributed by atoms with E-state index in [2.05, 4.69) is 16.0 Å². The molecule has 0 aliphatic carbocycles. The fourth-order valence-corrected chi connectivity index (χ4v) is 2.84. The van der Waals surface area contributed by atoms with Crippen LogP contribution in [0.5, 0.6) is 0 Å². The molecule has 0 radical (unpaired) electrons. The fourth-order valence-electron chi connectivity index (χ4n) is 2.56. The van der Waals surface area contributed by atoms with E-state index in [1.54, 1.807) is 0 Å². The van der Waals surface area contributed by atoms with Crippen molar-refractivity contribution >= 4 is 34.0 Å². The van der Waals surface area contributed by atoms with Gasteiger partial charge in [-0.3, -0.25) is 10.1 Å². The van der Waals surface area contributed by atoms with Gasteiger partial charge in [0.1, 0.15) is 12.0 Å². The van der Waals surface area contributed by atoms with Crippen molar-refractivity contribution in [1.82, 2.24) is 9.97 Å². The lowest BCUT2D eigenvalue weighted by molar-refractivity contribution is -0.385. The lowest BCUT2D eigenvalue weighted by atomic mass is 10.1. The molecule has 0 amide bonds. The number of nitrogens with one attached hydrogen (secondary N) is 1. The number of nitrogens with zero attached hydrogens (tertiary/aromatic N) is 3. The highest BCUT2D eigenvalue weighted by atomic mass is 35.5. The molecule has 0 saturated heterocycles. The Bertz CT molecular complexity index is 862. The maximum Gasteiger partial charge on any atom is 0.289 e. The Morgan fingerprint density at radius 2 is 2.17 bits per heavy atom. The first-order valence-electron chi connectivity index (χ1n) is 7.20. The monoisotopic (exact) mass is 330 g/mol. The number of benzene rings is 1. The minimum absolute atomic E-state index is 0.109. The summed E-state index contributed by atoms with van der Waals surface area (Å²) in [5, 5.41) is 12.2. The van der Waals surface area contributed by atoms with E-state index < -0.39 is 4.92 Å². The molecule has 7 heteroatoms. The summed E-state index contributed by atoms with van der Waals surface area (Å²) >= 11 is 6.19. The summed E-state index contributed by atoms with van der Waals surface area (Å²) < 4.78 is 0. The summed E-state index contributed by atoms with van der Waals surface area (Å²) in [6.07, 6.45) is 3.20. The molecule has 2 heterocycles. The molecule has 0 bridgehead atoms. The molecule has 2 aromatic heterocycles. The lowest BCUT2D eigenvalue weighted by Gasteiger charge is -2.22. The summed E-state index contributed by atoms with van der Waals surface area (Å²) in [5.41, 5.74) is 2.09. The normalized spacial score (nSPS) is 10.9. The molecule has 0 atom stereocenters. The number of para-hydroxylation sites is 1. The SMILES string of the molecule is CCN(Cc1c[nH]c2ccccc12)c1ncc([N+](=O)[O-])cc1Cl. The quantitative estimate of drug-likeness (QED) is 0.563. The van der Waals surface area contributed by atoms with Crippen molar-refractivity contribution in [3.63, 3.8) is 0 Å². The van der Waals surface area contributed by atoms with Gasteiger partial charge in [0.05, 0.1) is 9.95 Å². The van der Waals surface area contributed by atoms with Gasteiger partial charge in [-0.15, -0.1) is 0 Å². The van der Waals surface area contributed by atoms with Crippen LogP contribution in [0.25, 0.3) is 10.9 Å². The molecule has 23 heavy (non-hydrogen) atoms. The van der Waals surface area contributed by atoms with Gasteiger partial charge in [0.2, 0.25) is 0 Å². The number of anilines is 1. The largest absolute Gasteiger partial charge is 0.361 e. The van der Waals surface area contributed by atoms with Crippen LogP contribution in [0.15, 0.2) is 42.7 Å². The second-order valence-corrected chi connectivity index (χ2v) is 5.54. The third-order valence-corrected chi connectivity index (χ3v) is 4.01. The number of pyridine rings is 1. The Hall–Kier alpha value is -2.60. The van der Waals surface area contributed by atoms with E-state index in [1.165, 1.54) is 12.3 Å². The fraction of sp³-hybridized carbons (Fsp3) is 0.188. The molecule has 0 aliphatic rings. The number of fused-ring (bicyclic) bond motifs is 1. The van der Waals surface area contributed by atoms with Crippen LogP contribution < -0.4 is 4.90 Å². The standard InChI is InChI=1S/C16H15ClN4O2/c1-2-20(16-14(17)7-12(9-19-16)21(22)23)10-11-8-18-15-6-4-3-5-13(11)15/h3-9,18H,2,10H2,1H3. The number of hydrogen-bond donors (Lipinski definition) is 1. The van der Waals surface area contributed by atoms with E-state index in [9.17, 15) is 10.1 Å². The number of aromatic amines is 1. The molecule has 1 aromatic carbocycles. The molecule has 118 valence electrons. The van der Waals surface area contributed by atoms with E-state index >= 15 is 0 Å². The van der Waals surface area contributed by atoms with Crippen molar-refractivity contribution in [2.75, 3.05) is 11.4 Å². The minimum Gasteiger partial charge on any atom is -0.361 e. The molecule has 6 nitrogen and oxygen atoms in total. The van der Waals surface area contributed by atoms with Gasteiger partial charge in [0.15, 0.2) is 0 Å². The highest BCUT2D eigenvalue weighted by Crippen LogP contribution is 2.29. The number of hydrogen-bond acceptors (Lipinski definition) is 4. The molecular weight excluding hydrogens is 316 g/mol. The van der Waals surface area contributed by atoms with Crippen LogP contribution in [0.3, 0.4) is 0 Å². The zero-order valence-electron chi connectivity index (χ0n) is 12.5. The molecule has 0 aliphatic heterocycles. The molecule has 0 unspecified atom stereocenters. The summed E-state index contributed by atoms with van der Waals surface area (Å²) in [5.74, 6) is 0.546. The third-order valence-electron chi connectivity index (χ3n) is 3.74. The predicted molar refractivity (Wildman–Crippen MR) is 90.9 cm³/mol. The van der Waals surface area contributed by atoms with Gasteiger partial charge < -0.3 is 9.88 Å². The van der Waals surface area contributed by atoms with Crippen molar-refractivity contribution in [3.05, 3.63) is 63.4 Å². The highest BCUT2D eigenvalue weighted by molar-refractivity contribution is 6.33.